The molecule has 0 fully saturated rings. The molecule has 0 aliphatic rings. The topological polar surface area (TPSA) is 12.9 Å². The van der Waals surface area contributed by atoms with Crippen molar-refractivity contribution >= 4 is 0 Å². The van der Waals surface area contributed by atoms with Crippen LogP contribution in [0.15, 0.2) is 24.5 Å². The van der Waals surface area contributed by atoms with E-state index in [0.717, 1.165) is 6.42 Å². The Morgan fingerprint density at radius 2 is 1.83 bits per heavy atom. The minimum Gasteiger partial charge on any atom is -0.265 e. The van der Waals surface area contributed by atoms with E-state index >= 15 is 0 Å². The highest BCUT2D eigenvalue weighted by Gasteiger charge is 1.91. The first-order valence-electron chi connectivity index (χ1n) is 4.61. The molecule has 1 aromatic heterocycles. The molecule has 0 saturated heterocycles. The number of aryl methyl sites for hydroxylation is 1. The summed E-state index contributed by atoms with van der Waals surface area (Å²) in [6.07, 6.45) is 9.79. The highest BCUT2D eigenvalue weighted by molar-refractivity contribution is 5.09. The molecule has 0 aliphatic carbocycles. The summed E-state index contributed by atoms with van der Waals surface area (Å²) < 4.78 is 0. The molecule has 0 aliphatic heterocycles. The summed E-state index contributed by atoms with van der Waals surface area (Å²) in [6, 6.07) is 4.17. The maximum absolute atomic E-state index is 3.98. The van der Waals surface area contributed by atoms with Gasteiger partial charge in [0.15, 0.2) is 0 Å². The number of hydrogen-bond donors (Lipinski definition) is 0. The maximum atomic E-state index is 3.98. The first-order valence-corrected chi connectivity index (χ1v) is 4.61. The zero-order valence-corrected chi connectivity index (χ0v) is 7.50. The zero-order chi connectivity index (χ0) is 8.65. The van der Waals surface area contributed by atoms with Crippen molar-refractivity contribution in [2.24, 2.45) is 0 Å². The Balaban J connectivity index is 2.16. The van der Waals surface area contributed by atoms with E-state index in [1.165, 1.54) is 31.2 Å². The lowest BCUT2D eigenvalue weighted by atomic mass is 10.1. The number of unbranched alkanes of at least 4 members (excludes halogenated alkanes) is 3. The molecule has 0 aromatic carbocycles. The Kier molecular flexibility index (Phi) is 4.43. The van der Waals surface area contributed by atoms with Crippen molar-refractivity contribution in [3.8, 4) is 0 Å². The largest absolute Gasteiger partial charge is 0.265 e. The molecule has 1 heteroatoms. The SMILES string of the molecule is [CH2]CCCCCc1ccncc1. The van der Waals surface area contributed by atoms with Crippen LogP contribution in [0.5, 0.6) is 0 Å². The van der Waals surface area contributed by atoms with Gasteiger partial charge < -0.3 is 0 Å². The van der Waals surface area contributed by atoms with Crippen LogP contribution in [0, 0.1) is 6.92 Å². The number of rotatable bonds is 5. The van der Waals surface area contributed by atoms with Crippen LogP contribution in [0.25, 0.3) is 0 Å². The molecule has 12 heavy (non-hydrogen) atoms. The second-order valence-electron chi connectivity index (χ2n) is 3.02. The van der Waals surface area contributed by atoms with Gasteiger partial charge in [-0.05, 0) is 30.5 Å². The molecule has 0 bridgehead atoms. The van der Waals surface area contributed by atoms with Crippen LogP contribution in [-0.2, 0) is 6.42 Å². The van der Waals surface area contributed by atoms with E-state index in [-0.39, 0.29) is 0 Å². The Hall–Kier alpha value is -0.850. The Morgan fingerprint density at radius 1 is 1.08 bits per heavy atom. The van der Waals surface area contributed by atoms with Gasteiger partial charge in [-0.15, -0.1) is 0 Å². The minimum absolute atomic E-state index is 1.07. The van der Waals surface area contributed by atoms with E-state index in [1.54, 1.807) is 0 Å². The second-order valence-corrected chi connectivity index (χ2v) is 3.02. The average molecular weight is 162 g/mol. The molecule has 1 aromatic rings. The molecule has 0 unspecified atom stereocenters. The van der Waals surface area contributed by atoms with Crippen LogP contribution in [0.3, 0.4) is 0 Å². The molecule has 0 amide bonds. The third-order valence-corrected chi connectivity index (χ3v) is 1.96. The third-order valence-electron chi connectivity index (χ3n) is 1.96. The van der Waals surface area contributed by atoms with Crippen LogP contribution >= 0.6 is 0 Å². The van der Waals surface area contributed by atoms with Gasteiger partial charge >= 0.3 is 0 Å². The lowest BCUT2D eigenvalue weighted by Crippen LogP contribution is -1.85. The van der Waals surface area contributed by atoms with Crippen LogP contribution < -0.4 is 0 Å². The predicted molar refractivity (Wildman–Crippen MR) is 51.8 cm³/mol. The van der Waals surface area contributed by atoms with E-state index < -0.39 is 0 Å². The minimum atomic E-state index is 1.07. The lowest BCUT2D eigenvalue weighted by Gasteiger charge is -1.99. The van der Waals surface area contributed by atoms with E-state index in [9.17, 15) is 0 Å². The second kappa shape index (κ2) is 5.76. The fraction of sp³-hybridized carbons (Fsp3) is 0.455. The van der Waals surface area contributed by atoms with Gasteiger partial charge in [-0.25, -0.2) is 0 Å². The lowest BCUT2D eigenvalue weighted by molar-refractivity contribution is 0.685. The van der Waals surface area contributed by atoms with E-state index in [2.05, 4.69) is 24.0 Å². The zero-order valence-electron chi connectivity index (χ0n) is 7.50. The molecule has 0 N–H and O–H groups in total. The number of nitrogens with zero attached hydrogens (tertiary/aromatic N) is 1. The van der Waals surface area contributed by atoms with Crippen molar-refractivity contribution in [1.82, 2.24) is 4.98 Å². The van der Waals surface area contributed by atoms with Gasteiger partial charge in [0.1, 0.15) is 0 Å². The molecule has 0 saturated carbocycles. The third kappa shape index (κ3) is 3.51. The van der Waals surface area contributed by atoms with Gasteiger partial charge in [0.2, 0.25) is 0 Å². The fourth-order valence-electron chi connectivity index (χ4n) is 1.23. The monoisotopic (exact) mass is 162 g/mol. The maximum Gasteiger partial charge on any atom is 0.0270 e. The van der Waals surface area contributed by atoms with Gasteiger partial charge in [0.05, 0.1) is 0 Å². The normalized spacial score (nSPS) is 10.1. The van der Waals surface area contributed by atoms with Gasteiger partial charge in [0.25, 0.3) is 0 Å². The highest BCUT2D eigenvalue weighted by Crippen LogP contribution is 2.05. The van der Waals surface area contributed by atoms with Crippen molar-refractivity contribution in [3.63, 3.8) is 0 Å². The summed E-state index contributed by atoms with van der Waals surface area (Å²) in [5, 5.41) is 0. The van der Waals surface area contributed by atoms with Crippen LogP contribution in [0.1, 0.15) is 31.2 Å². The number of pyridine rings is 1. The fourth-order valence-corrected chi connectivity index (χ4v) is 1.23. The summed E-state index contributed by atoms with van der Waals surface area (Å²) in [5.41, 5.74) is 1.40. The molecular weight excluding hydrogens is 146 g/mol. The van der Waals surface area contributed by atoms with E-state index in [1.807, 2.05) is 12.4 Å². The van der Waals surface area contributed by atoms with Gasteiger partial charge in [-0.3, -0.25) is 4.98 Å². The van der Waals surface area contributed by atoms with Gasteiger partial charge in [-0.1, -0.05) is 26.2 Å². The Morgan fingerprint density at radius 3 is 2.50 bits per heavy atom. The number of hydrogen-bond acceptors (Lipinski definition) is 1. The van der Waals surface area contributed by atoms with Crippen molar-refractivity contribution in [2.75, 3.05) is 0 Å². The summed E-state index contributed by atoms with van der Waals surface area (Å²) in [7, 11) is 0. The molecule has 1 nitrogen and oxygen atoms in total. The van der Waals surface area contributed by atoms with Crippen molar-refractivity contribution in [1.29, 1.82) is 0 Å². The van der Waals surface area contributed by atoms with Crippen LogP contribution in [0.4, 0.5) is 0 Å². The molecule has 0 atom stereocenters. The van der Waals surface area contributed by atoms with E-state index in [4.69, 9.17) is 0 Å². The quantitative estimate of drug-likeness (QED) is 0.606. The Labute approximate surface area is 74.8 Å². The molecular formula is C11H16N. The molecule has 1 radical (unpaired) electrons. The van der Waals surface area contributed by atoms with Crippen molar-refractivity contribution in [2.45, 2.75) is 32.1 Å². The standard InChI is InChI=1S/C11H16N/c1-2-3-4-5-6-11-7-9-12-10-8-11/h7-10H,1-6H2. The van der Waals surface area contributed by atoms with Crippen molar-refractivity contribution in [3.05, 3.63) is 37.0 Å². The summed E-state index contributed by atoms with van der Waals surface area (Å²) in [5.74, 6) is 0. The summed E-state index contributed by atoms with van der Waals surface area (Å²) in [6.45, 7) is 3.82. The Bertz CT molecular complexity index is 193. The smallest absolute Gasteiger partial charge is 0.0270 e. The summed E-state index contributed by atoms with van der Waals surface area (Å²) in [4.78, 5) is 3.98. The first-order chi connectivity index (χ1) is 5.93. The van der Waals surface area contributed by atoms with Gasteiger partial charge in [0, 0.05) is 12.4 Å². The first kappa shape index (κ1) is 9.24. The average Bonchev–Trinajstić information content (AvgIpc) is 2.14. The van der Waals surface area contributed by atoms with Crippen LogP contribution in [-0.4, -0.2) is 4.98 Å². The molecule has 1 heterocycles. The van der Waals surface area contributed by atoms with E-state index in [0.29, 0.717) is 0 Å². The summed E-state index contributed by atoms with van der Waals surface area (Å²) >= 11 is 0. The molecule has 65 valence electrons. The number of aromatic nitrogens is 1. The van der Waals surface area contributed by atoms with Crippen LogP contribution in [0.2, 0.25) is 0 Å². The molecule has 0 spiro atoms. The molecule has 1 rings (SSSR count). The highest BCUT2D eigenvalue weighted by atomic mass is 14.6. The van der Waals surface area contributed by atoms with Crippen molar-refractivity contribution < 1.29 is 0 Å². The predicted octanol–water partition coefficient (Wildman–Crippen LogP) is 3.02. The van der Waals surface area contributed by atoms with Gasteiger partial charge in [-0.2, -0.15) is 0 Å².